The maximum absolute atomic E-state index is 13.4. The summed E-state index contributed by atoms with van der Waals surface area (Å²) >= 11 is 0. The Hall–Kier alpha value is -4.20. The number of carbonyl (C=O) groups excluding carboxylic acids is 1. The van der Waals surface area contributed by atoms with Crippen molar-refractivity contribution in [2.75, 3.05) is 6.61 Å². The zero-order valence-corrected chi connectivity index (χ0v) is 20.1. The van der Waals surface area contributed by atoms with Crippen LogP contribution in [0.1, 0.15) is 61.0 Å². The zero-order chi connectivity index (χ0) is 25.1. The van der Waals surface area contributed by atoms with E-state index in [-0.39, 0.29) is 18.0 Å². The highest BCUT2D eigenvalue weighted by atomic mass is 16.5. The zero-order valence-electron chi connectivity index (χ0n) is 20.1. The first kappa shape index (κ1) is 23.5. The first-order chi connectivity index (χ1) is 17.6. The summed E-state index contributed by atoms with van der Waals surface area (Å²) in [5, 5.41) is 16.8. The van der Waals surface area contributed by atoms with Crippen molar-refractivity contribution in [2.45, 2.75) is 45.1 Å². The molecule has 0 radical (unpaired) electrons. The molecule has 0 amide bonds. The van der Waals surface area contributed by atoms with Crippen LogP contribution in [0.2, 0.25) is 0 Å². The second-order valence-corrected chi connectivity index (χ2v) is 8.87. The number of ether oxygens (including phenoxy) is 1. The van der Waals surface area contributed by atoms with Gasteiger partial charge in [0, 0.05) is 23.1 Å². The Labute approximate surface area is 208 Å². The van der Waals surface area contributed by atoms with Crippen molar-refractivity contribution in [2.24, 2.45) is 4.99 Å². The van der Waals surface area contributed by atoms with E-state index in [1.165, 1.54) is 23.8 Å². The smallest absolute Gasteiger partial charge is 0.338 e. The van der Waals surface area contributed by atoms with Crippen molar-refractivity contribution >= 4 is 28.8 Å². The molecule has 1 aliphatic rings. The van der Waals surface area contributed by atoms with Crippen LogP contribution in [0.3, 0.4) is 0 Å². The lowest BCUT2D eigenvalue weighted by molar-refractivity contribution is 0.0526. The summed E-state index contributed by atoms with van der Waals surface area (Å²) in [5.41, 5.74) is 0.859. The first-order valence-corrected chi connectivity index (χ1v) is 12.3. The Bertz CT molecular complexity index is 1480. The fourth-order valence-corrected chi connectivity index (χ4v) is 4.84. The number of benzene rings is 2. The Morgan fingerprint density at radius 3 is 2.53 bits per heavy atom. The van der Waals surface area contributed by atoms with Crippen LogP contribution in [0.5, 0.6) is 5.88 Å². The van der Waals surface area contributed by atoms with E-state index in [1.807, 2.05) is 16.8 Å². The second kappa shape index (κ2) is 10.2. The molecule has 2 aromatic carbocycles. The molecule has 4 aromatic rings. The van der Waals surface area contributed by atoms with Crippen LogP contribution in [0.25, 0.3) is 16.5 Å². The number of esters is 1. The van der Waals surface area contributed by atoms with Gasteiger partial charge in [0.25, 0.3) is 5.56 Å². The monoisotopic (exact) mass is 484 g/mol. The van der Waals surface area contributed by atoms with E-state index in [9.17, 15) is 14.7 Å². The van der Waals surface area contributed by atoms with Gasteiger partial charge in [-0.05, 0) is 50.1 Å². The standard InChI is InChI=1S/C28H28N4O4/c1-2-36-28(35)19-12-14-20(15-13-19)31-26(33)23-11-7-6-10-22(23)24(27(31)34)18-29-25-16-17-30-32(25)21-8-4-3-5-9-21/h6-7,10-18,21,34H,2-5,8-9H2,1H3. The molecule has 8 nitrogen and oxygen atoms in total. The van der Waals surface area contributed by atoms with Crippen molar-refractivity contribution in [3.8, 4) is 11.6 Å². The number of aliphatic imine (C=N–C) groups is 1. The third-order valence-electron chi connectivity index (χ3n) is 6.64. The normalized spacial score (nSPS) is 14.5. The number of nitrogens with zero attached hydrogens (tertiary/aromatic N) is 4. The molecule has 0 bridgehead atoms. The lowest BCUT2D eigenvalue weighted by Crippen LogP contribution is -2.20. The molecule has 2 heterocycles. The summed E-state index contributed by atoms with van der Waals surface area (Å²) < 4.78 is 8.23. The molecular weight excluding hydrogens is 456 g/mol. The van der Waals surface area contributed by atoms with Gasteiger partial charge in [0.2, 0.25) is 5.88 Å². The van der Waals surface area contributed by atoms with Crippen LogP contribution in [0.15, 0.2) is 70.6 Å². The third-order valence-corrected chi connectivity index (χ3v) is 6.64. The second-order valence-electron chi connectivity index (χ2n) is 8.87. The van der Waals surface area contributed by atoms with Gasteiger partial charge in [0.05, 0.1) is 35.7 Å². The minimum Gasteiger partial charge on any atom is -0.494 e. The SMILES string of the molecule is CCOC(=O)c1ccc(-n2c(O)c(C=Nc3ccnn3C3CCCCC3)c3ccccc3c2=O)cc1. The molecule has 0 unspecified atom stereocenters. The summed E-state index contributed by atoms with van der Waals surface area (Å²) in [6.07, 6.45) is 9.09. The van der Waals surface area contributed by atoms with Gasteiger partial charge in [-0.1, -0.05) is 37.5 Å². The number of carbonyl (C=O) groups is 1. The fourth-order valence-electron chi connectivity index (χ4n) is 4.84. The van der Waals surface area contributed by atoms with E-state index >= 15 is 0 Å². The van der Waals surface area contributed by atoms with Crippen LogP contribution in [0.4, 0.5) is 5.82 Å². The van der Waals surface area contributed by atoms with E-state index < -0.39 is 5.97 Å². The molecule has 5 rings (SSSR count). The number of pyridine rings is 1. The highest BCUT2D eigenvalue weighted by molar-refractivity contribution is 6.02. The van der Waals surface area contributed by atoms with Gasteiger partial charge in [0.1, 0.15) is 0 Å². The topological polar surface area (TPSA) is 98.7 Å². The maximum Gasteiger partial charge on any atom is 0.338 e. The third kappa shape index (κ3) is 4.42. The largest absolute Gasteiger partial charge is 0.494 e. The van der Waals surface area contributed by atoms with Crippen molar-refractivity contribution in [1.29, 1.82) is 0 Å². The number of hydrogen-bond acceptors (Lipinski definition) is 6. The highest BCUT2D eigenvalue weighted by Crippen LogP contribution is 2.31. The Morgan fingerprint density at radius 2 is 1.81 bits per heavy atom. The molecule has 1 fully saturated rings. The van der Waals surface area contributed by atoms with Gasteiger partial charge in [-0.3, -0.25) is 4.79 Å². The fraction of sp³-hybridized carbons (Fsp3) is 0.286. The van der Waals surface area contributed by atoms with Gasteiger partial charge in [-0.15, -0.1) is 0 Å². The number of fused-ring (bicyclic) bond motifs is 1. The molecule has 1 N–H and O–H groups in total. The molecule has 184 valence electrons. The predicted molar refractivity (Wildman–Crippen MR) is 139 cm³/mol. The average molecular weight is 485 g/mol. The predicted octanol–water partition coefficient (Wildman–Crippen LogP) is 5.33. The van der Waals surface area contributed by atoms with Gasteiger partial charge >= 0.3 is 5.97 Å². The summed E-state index contributed by atoms with van der Waals surface area (Å²) in [6, 6.07) is 15.7. The average Bonchev–Trinajstić information content (AvgIpc) is 3.38. The van der Waals surface area contributed by atoms with Gasteiger partial charge in [-0.2, -0.15) is 5.10 Å². The van der Waals surface area contributed by atoms with Crippen molar-refractivity contribution < 1.29 is 14.6 Å². The molecule has 2 aromatic heterocycles. The van der Waals surface area contributed by atoms with E-state index in [0.717, 1.165) is 12.8 Å². The summed E-state index contributed by atoms with van der Waals surface area (Å²) in [6.45, 7) is 2.01. The lowest BCUT2D eigenvalue weighted by Gasteiger charge is -2.22. The van der Waals surface area contributed by atoms with E-state index in [4.69, 9.17) is 4.74 Å². The first-order valence-electron chi connectivity index (χ1n) is 12.3. The van der Waals surface area contributed by atoms with Gasteiger partial charge in [-0.25, -0.2) is 19.0 Å². The molecular formula is C28H28N4O4. The molecule has 0 aliphatic heterocycles. The Balaban J connectivity index is 1.59. The molecule has 36 heavy (non-hydrogen) atoms. The minimum atomic E-state index is -0.443. The van der Waals surface area contributed by atoms with Crippen LogP contribution in [0, 0.1) is 0 Å². The number of hydrogen-bond donors (Lipinski definition) is 1. The van der Waals surface area contributed by atoms with Crippen LogP contribution in [-0.2, 0) is 4.74 Å². The molecule has 8 heteroatoms. The lowest BCUT2D eigenvalue weighted by atomic mass is 9.96. The molecule has 0 saturated heterocycles. The van der Waals surface area contributed by atoms with E-state index in [1.54, 1.807) is 61.8 Å². The summed E-state index contributed by atoms with van der Waals surface area (Å²) in [7, 11) is 0. The summed E-state index contributed by atoms with van der Waals surface area (Å²) in [4.78, 5) is 30.1. The van der Waals surface area contributed by atoms with E-state index in [0.29, 0.717) is 39.4 Å². The Kier molecular flexibility index (Phi) is 6.66. The number of aromatic hydroxyl groups is 1. The van der Waals surface area contributed by atoms with Crippen molar-refractivity contribution in [1.82, 2.24) is 14.3 Å². The van der Waals surface area contributed by atoms with Crippen LogP contribution in [-0.4, -0.2) is 38.2 Å². The molecule has 0 spiro atoms. The Morgan fingerprint density at radius 1 is 1.08 bits per heavy atom. The number of aromatic nitrogens is 3. The maximum atomic E-state index is 13.4. The highest BCUT2D eigenvalue weighted by Gasteiger charge is 2.19. The van der Waals surface area contributed by atoms with Gasteiger partial charge in [0.15, 0.2) is 5.82 Å². The van der Waals surface area contributed by atoms with Crippen LogP contribution < -0.4 is 5.56 Å². The number of rotatable bonds is 6. The van der Waals surface area contributed by atoms with E-state index in [2.05, 4.69) is 10.1 Å². The van der Waals surface area contributed by atoms with Crippen molar-refractivity contribution in [3.63, 3.8) is 0 Å². The quantitative estimate of drug-likeness (QED) is 0.295. The molecule has 1 aliphatic carbocycles. The molecule has 0 atom stereocenters. The van der Waals surface area contributed by atoms with Crippen molar-refractivity contribution in [3.05, 3.63) is 82.3 Å². The van der Waals surface area contributed by atoms with Gasteiger partial charge < -0.3 is 9.84 Å². The minimum absolute atomic E-state index is 0.227. The van der Waals surface area contributed by atoms with Crippen LogP contribution >= 0.6 is 0 Å². The molecule has 1 saturated carbocycles. The summed E-state index contributed by atoms with van der Waals surface area (Å²) in [5.74, 6) is 0.0403.